The molecule has 104 valence electrons. The van der Waals surface area contributed by atoms with Gasteiger partial charge in [-0.25, -0.2) is 0 Å². The lowest BCUT2D eigenvalue weighted by molar-refractivity contribution is -0.145. The molecule has 1 N–H and O–H groups in total. The van der Waals surface area contributed by atoms with E-state index in [2.05, 4.69) is 6.07 Å². The van der Waals surface area contributed by atoms with Crippen LogP contribution in [0, 0.1) is 6.92 Å². The molecule has 3 nitrogen and oxygen atoms in total. The monoisotopic (exact) mass is 261 g/mol. The highest BCUT2D eigenvalue weighted by atomic mass is 16.3. The third-order valence-electron chi connectivity index (χ3n) is 4.20. The Bertz CT molecular complexity index is 460. The van der Waals surface area contributed by atoms with Gasteiger partial charge in [0.15, 0.2) is 0 Å². The number of nitrogens with zero attached hydrogens (tertiary/aromatic N) is 1. The van der Waals surface area contributed by atoms with Crippen LogP contribution in [-0.4, -0.2) is 35.1 Å². The number of carbonyl (C=O) groups excluding carboxylic acids is 1. The van der Waals surface area contributed by atoms with Gasteiger partial charge in [0.05, 0.1) is 11.5 Å². The number of aliphatic hydroxyl groups is 1. The molecule has 19 heavy (non-hydrogen) atoms. The Balaban J connectivity index is 2.36. The number of likely N-dealkylation sites (N-methyl/N-ethyl adjacent to an activating group) is 1. The number of aryl methyl sites for hydroxylation is 1. The van der Waals surface area contributed by atoms with Gasteiger partial charge < -0.3 is 10.0 Å². The first-order valence-corrected chi connectivity index (χ1v) is 7.08. The molecule has 2 rings (SSSR count). The highest BCUT2D eigenvalue weighted by Gasteiger charge is 2.52. The van der Waals surface area contributed by atoms with Gasteiger partial charge in [-0.1, -0.05) is 29.8 Å². The lowest BCUT2D eigenvalue weighted by atomic mass is 9.61. The Morgan fingerprint density at radius 1 is 1.37 bits per heavy atom. The first-order valence-electron chi connectivity index (χ1n) is 7.08. The molecule has 1 saturated carbocycles. The number of aliphatic hydroxyl groups excluding tert-OH is 1. The fraction of sp³-hybridized carbons (Fsp3) is 0.562. The lowest BCUT2D eigenvalue weighted by Crippen LogP contribution is -2.56. The second-order valence-corrected chi connectivity index (χ2v) is 5.49. The van der Waals surface area contributed by atoms with Crippen molar-refractivity contribution in [2.24, 2.45) is 0 Å². The van der Waals surface area contributed by atoms with Gasteiger partial charge in [0, 0.05) is 13.1 Å². The quantitative estimate of drug-likeness (QED) is 0.903. The summed E-state index contributed by atoms with van der Waals surface area (Å²) in [7, 11) is 0. The smallest absolute Gasteiger partial charge is 0.233 e. The average molecular weight is 261 g/mol. The molecule has 0 heterocycles. The lowest BCUT2D eigenvalue weighted by Gasteiger charge is -2.46. The van der Waals surface area contributed by atoms with Gasteiger partial charge in [0.25, 0.3) is 0 Å². The van der Waals surface area contributed by atoms with Gasteiger partial charge in [0.2, 0.25) is 5.91 Å². The van der Waals surface area contributed by atoms with E-state index in [-0.39, 0.29) is 12.0 Å². The topological polar surface area (TPSA) is 40.5 Å². The van der Waals surface area contributed by atoms with Crippen LogP contribution in [0.25, 0.3) is 0 Å². The molecule has 3 heteroatoms. The van der Waals surface area contributed by atoms with Crippen LogP contribution in [0.1, 0.15) is 37.8 Å². The zero-order chi connectivity index (χ0) is 14.0. The normalized spacial score (nSPS) is 25.8. The maximum absolute atomic E-state index is 12.8. The van der Waals surface area contributed by atoms with E-state index in [1.54, 1.807) is 0 Å². The SMILES string of the molecule is CCN(CC)C(=O)C1(c2cccc(C)c2)CC(O)C1. The van der Waals surface area contributed by atoms with E-state index in [0.29, 0.717) is 12.8 Å². The molecule has 1 aliphatic carbocycles. The number of carbonyl (C=O) groups is 1. The van der Waals surface area contributed by atoms with E-state index in [0.717, 1.165) is 24.2 Å². The second kappa shape index (κ2) is 5.33. The van der Waals surface area contributed by atoms with E-state index in [4.69, 9.17) is 0 Å². The van der Waals surface area contributed by atoms with Crippen molar-refractivity contribution in [3.63, 3.8) is 0 Å². The predicted octanol–water partition coefficient (Wildman–Crippen LogP) is 2.26. The molecular weight excluding hydrogens is 238 g/mol. The summed E-state index contributed by atoms with van der Waals surface area (Å²) in [5, 5.41) is 9.72. The molecule has 1 amide bonds. The zero-order valence-electron chi connectivity index (χ0n) is 12.0. The Labute approximate surface area is 115 Å². The Morgan fingerprint density at radius 2 is 2.00 bits per heavy atom. The minimum absolute atomic E-state index is 0.161. The van der Waals surface area contributed by atoms with Crippen LogP contribution in [0.4, 0.5) is 0 Å². The largest absolute Gasteiger partial charge is 0.393 e. The molecule has 0 spiro atoms. The number of rotatable bonds is 4. The van der Waals surface area contributed by atoms with E-state index in [9.17, 15) is 9.90 Å². The van der Waals surface area contributed by atoms with Crippen LogP contribution in [-0.2, 0) is 10.2 Å². The standard InChI is InChI=1S/C16H23NO2/c1-4-17(5-2)15(19)16(10-14(18)11-16)13-8-6-7-12(3)9-13/h6-9,14,18H,4-5,10-11H2,1-3H3. The van der Waals surface area contributed by atoms with Crippen molar-refractivity contribution < 1.29 is 9.90 Å². The molecule has 0 saturated heterocycles. The van der Waals surface area contributed by atoms with Crippen LogP contribution in [0.2, 0.25) is 0 Å². The highest BCUT2D eigenvalue weighted by molar-refractivity contribution is 5.89. The summed E-state index contributed by atoms with van der Waals surface area (Å²) in [6.45, 7) is 7.48. The molecule has 1 aliphatic rings. The van der Waals surface area contributed by atoms with Crippen LogP contribution in [0.15, 0.2) is 24.3 Å². The van der Waals surface area contributed by atoms with Crippen molar-refractivity contribution in [2.45, 2.75) is 45.1 Å². The third-order valence-corrected chi connectivity index (χ3v) is 4.20. The number of amides is 1. The van der Waals surface area contributed by atoms with Crippen LogP contribution in [0.5, 0.6) is 0 Å². The maximum atomic E-state index is 12.8. The molecule has 1 aromatic rings. The first kappa shape index (κ1) is 14.1. The van der Waals surface area contributed by atoms with E-state index >= 15 is 0 Å². The average Bonchev–Trinajstić information content (AvgIpc) is 2.36. The van der Waals surface area contributed by atoms with Crippen molar-refractivity contribution in [1.29, 1.82) is 0 Å². The van der Waals surface area contributed by atoms with Crippen LogP contribution >= 0.6 is 0 Å². The Kier molecular flexibility index (Phi) is 3.95. The molecule has 1 fully saturated rings. The van der Waals surface area contributed by atoms with Gasteiger partial charge >= 0.3 is 0 Å². The molecule has 0 atom stereocenters. The van der Waals surface area contributed by atoms with Crippen molar-refractivity contribution in [3.05, 3.63) is 35.4 Å². The summed E-state index contributed by atoms with van der Waals surface area (Å²) < 4.78 is 0. The van der Waals surface area contributed by atoms with Gasteiger partial charge in [-0.15, -0.1) is 0 Å². The van der Waals surface area contributed by atoms with Crippen molar-refractivity contribution in [1.82, 2.24) is 4.90 Å². The zero-order valence-corrected chi connectivity index (χ0v) is 12.0. The molecule has 0 radical (unpaired) electrons. The molecule has 0 unspecified atom stereocenters. The number of hydrogen-bond donors (Lipinski definition) is 1. The second-order valence-electron chi connectivity index (χ2n) is 5.49. The van der Waals surface area contributed by atoms with E-state index in [1.807, 2.05) is 43.9 Å². The Morgan fingerprint density at radius 3 is 2.47 bits per heavy atom. The maximum Gasteiger partial charge on any atom is 0.233 e. The van der Waals surface area contributed by atoms with Gasteiger partial charge in [-0.2, -0.15) is 0 Å². The number of benzene rings is 1. The Hall–Kier alpha value is -1.35. The fourth-order valence-corrected chi connectivity index (χ4v) is 3.03. The highest BCUT2D eigenvalue weighted by Crippen LogP contribution is 2.45. The summed E-state index contributed by atoms with van der Waals surface area (Å²) in [4.78, 5) is 14.7. The molecule has 1 aromatic carbocycles. The molecule has 0 bridgehead atoms. The van der Waals surface area contributed by atoms with Gasteiger partial charge in [-0.05, 0) is 39.2 Å². The molecule has 0 aliphatic heterocycles. The van der Waals surface area contributed by atoms with Crippen molar-refractivity contribution in [3.8, 4) is 0 Å². The van der Waals surface area contributed by atoms with Gasteiger partial charge in [0.1, 0.15) is 0 Å². The summed E-state index contributed by atoms with van der Waals surface area (Å²) in [5.41, 5.74) is 1.71. The van der Waals surface area contributed by atoms with Crippen molar-refractivity contribution >= 4 is 5.91 Å². The first-order chi connectivity index (χ1) is 9.03. The van der Waals surface area contributed by atoms with E-state index < -0.39 is 5.41 Å². The fourth-order valence-electron chi connectivity index (χ4n) is 3.03. The minimum Gasteiger partial charge on any atom is -0.393 e. The minimum atomic E-state index is -0.503. The summed E-state index contributed by atoms with van der Waals surface area (Å²) in [5.74, 6) is 0.161. The van der Waals surface area contributed by atoms with Crippen LogP contribution < -0.4 is 0 Å². The molecule has 0 aromatic heterocycles. The number of hydrogen-bond acceptors (Lipinski definition) is 2. The summed E-state index contributed by atoms with van der Waals surface area (Å²) in [6.07, 6.45) is 0.748. The third kappa shape index (κ3) is 2.39. The van der Waals surface area contributed by atoms with Gasteiger partial charge in [-0.3, -0.25) is 4.79 Å². The van der Waals surface area contributed by atoms with E-state index in [1.165, 1.54) is 0 Å². The van der Waals surface area contributed by atoms with Crippen molar-refractivity contribution in [2.75, 3.05) is 13.1 Å². The summed E-state index contributed by atoms with van der Waals surface area (Å²) in [6, 6.07) is 8.12. The predicted molar refractivity (Wildman–Crippen MR) is 76.0 cm³/mol. The summed E-state index contributed by atoms with van der Waals surface area (Å²) >= 11 is 0. The molecular formula is C16H23NO2. The van der Waals surface area contributed by atoms with Crippen LogP contribution in [0.3, 0.4) is 0 Å².